The smallest absolute Gasteiger partial charge is 0.126 e. The third kappa shape index (κ3) is 3.90. The van der Waals surface area contributed by atoms with E-state index in [4.69, 9.17) is 0 Å². The van der Waals surface area contributed by atoms with Gasteiger partial charge in [0, 0.05) is 11.3 Å². The Bertz CT molecular complexity index is 650. The van der Waals surface area contributed by atoms with E-state index in [1.807, 2.05) is 13.8 Å². The summed E-state index contributed by atoms with van der Waals surface area (Å²) in [4.78, 5) is 11.8. The quantitative estimate of drug-likeness (QED) is 0.623. The second kappa shape index (κ2) is 7.12. The lowest BCUT2D eigenvalue weighted by molar-refractivity contribution is -0.115. The number of benzene rings is 2. The van der Waals surface area contributed by atoms with E-state index in [2.05, 4.69) is 69.3 Å². The molecular weight excluding hydrogens is 280 g/mol. The summed E-state index contributed by atoms with van der Waals surface area (Å²) in [7, 11) is 0. The summed E-state index contributed by atoms with van der Waals surface area (Å²) in [5, 5.41) is 0. The lowest BCUT2D eigenvalue weighted by Gasteiger charge is -2.31. The molecule has 0 N–H and O–H groups in total. The van der Waals surface area contributed by atoms with Gasteiger partial charge in [-0.05, 0) is 34.6 Å². The number of carbonyl (C=O) groups excluding carboxylic acids is 1. The summed E-state index contributed by atoms with van der Waals surface area (Å²) >= 11 is 0. The highest BCUT2D eigenvalue weighted by Gasteiger charge is 2.32. The van der Waals surface area contributed by atoms with Crippen LogP contribution >= 0.6 is 0 Å². The molecule has 23 heavy (non-hydrogen) atoms. The van der Waals surface area contributed by atoms with Crippen molar-refractivity contribution in [1.29, 1.82) is 0 Å². The van der Waals surface area contributed by atoms with E-state index in [1.165, 1.54) is 22.3 Å². The SMILES string of the molecule is CCc1ccc(C(c2cccc(C(C)C)c2)C(C)(C)C=O)cc1. The van der Waals surface area contributed by atoms with Crippen molar-refractivity contribution in [3.8, 4) is 0 Å². The zero-order valence-electron chi connectivity index (χ0n) is 15.0. The van der Waals surface area contributed by atoms with Crippen LogP contribution in [0.2, 0.25) is 0 Å². The fourth-order valence-electron chi connectivity index (χ4n) is 3.16. The van der Waals surface area contributed by atoms with Gasteiger partial charge in [0.05, 0.1) is 0 Å². The number of aldehydes is 1. The first-order valence-electron chi connectivity index (χ1n) is 8.54. The van der Waals surface area contributed by atoms with Crippen LogP contribution in [0.3, 0.4) is 0 Å². The van der Waals surface area contributed by atoms with Crippen molar-refractivity contribution in [3.05, 3.63) is 70.8 Å². The molecule has 0 aliphatic carbocycles. The average Bonchev–Trinajstić information content (AvgIpc) is 2.55. The van der Waals surface area contributed by atoms with Crippen molar-refractivity contribution in [1.82, 2.24) is 0 Å². The molecule has 2 aromatic rings. The molecule has 0 saturated heterocycles. The van der Waals surface area contributed by atoms with E-state index >= 15 is 0 Å². The molecule has 2 rings (SSSR count). The fraction of sp³-hybridized carbons (Fsp3) is 0.409. The van der Waals surface area contributed by atoms with Crippen LogP contribution in [-0.2, 0) is 11.2 Å². The van der Waals surface area contributed by atoms with Crippen molar-refractivity contribution in [2.75, 3.05) is 0 Å². The van der Waals surface area contributed by atoms with Crippen LogP contribution in [0.4, 0.5) is 0 Å². The molecule has 0 bridgehead atoms. The lowest BCUT2D eigenvalue weighted by atomic mass is 9.71. The highest BCUT2D eigenvalue weighted by atomic mass is 16.1. The van der Waals surface area contributed by atoms with E-state index < -0.39 is 5.41 Å². The van der Waals surface area contributed by atoms with Gasteiger partial charge in [0.25, 0.3) is 0 Å². The monoisotopic (exact) mass is 308 g/mol. The lowest BCUT2D eigenvalue weighted by Crippen LogP contribution is -2.25. The minimum atomic E-state index is -0.441. The molecule has 0 aliphatic rings. The molecule has 0 saturated carbocycles. The van der Waals surface area contributed by atoms with Gasteiger partial charge in [-0.2, -0.15) is 0 Å². The molecule has 0 fully saturated rings. The van der Waals surface area contributed by atoms with Gasteiger partial charge >= 0.3 is 0 Å². The van der Waals surface area contributed by atoms with Gasteiger partial charge in [0.1, 0.15) is 6.29 Å². The minimum Gasteiger partial charge on any atom is -0.303 e. The van der Waals surface area contributed by atoms with Crippen LogP contribution < -0.4 is 0 Å². The van der Waals surface area contributed by atoms with Gasteiger partial charge in [-0.15, -0.1) is 0 Å². The van der Waals surface area contributed by atoms with Crippen LogP contribution in [0.25, 0.3) is 0 Å². The summed E-state index contributed by atoms with van der Waals surface area (Å²) in [5.74, 6) is 0.557. The Morgan fingerprint density at radius 1 is 0.957 bits per heavy atom. The molecule has 122 valence electrons. The summed E-state index contributed by atoms with van der Waals surface area (Å²) in [6.45, 7) is 10.6. The third-order valence-corrected chi connectivity index (χ3v) is 4.68. The summed E-state index contributed by atoms with van der Waals surface area (Å²) in [5.41, 5.74) is 4.63. The Hall–Kier alpha value is -1.89. The van der Waals surface area contributed by atoms with Gasteiger partial charge in [0.2, 0.25) is 0 Å². The van der Waals surface area contributed by atoms with E-state index in [9.17, 15) is 4.79 Å². The third-order valence-electron chi connectivity index (χ3n) is 4.68. The summed E-state index contributed by atoms with van der Waals surface area (Å²) < 4.78 is 0. The maximum atomic E-state index is 11.8. The molecule has 0 spiro atoms. The molecule has 0 heterocycles. The largest absolute Gasteiger partial charge is 0.303 e. The minimum absolute atomic E-state index is 0.0737. The first-order chi connectivity index (χ1) is 10.9. The van der Waals surface area contributed by atoms with Gasteiger partial charge in [0.15, 0.2) is 0 Å². The average molecular weight is 308 g/mol. The number of hydrogen-bond acceptors (Lipinski definition) is 1. The zero-order chi connectivity index (χ0) is 17.0. The van der Waals surface area contributed by atoms with Crippen LogP contribution in [0, 0.1) is 5.41 Å². The predicted molar refractivity (Wildman–Crippen MR) is 98.0 cm³/mol. The fourth-order valence-corrected chi connectivity index (χ4v) is 3.16. The zero-order valence-corrected chi connectivity index (χ0v) is 15.0. The molecule has 0 aromatic heterocycles. The van der Waals surface area contributed by atoms with Crippen LogP contribution in [0.1, 0.15) is 68.7 Å². The number of hydrogen-bond donors (Lipinski definition) is 0. The molecule has 2 aromatic carbocycles. The van der Waals surface area contributed by atoms with Crippen molar-refractivity contribution < 1.29 is 4.79 Å². The molecule has 0 radical (unpaired) electrons. The van der Waals surface area contributed by atoms with E-state index in [1.54, 1.807) is 0 Å². The molecule has 0 aliphatic heterocycles. The summed E-state index contributed by atoms with van der Waals surface area (Å²) in [6, 6.07) is 17.4. The highest BCUT2D eigenvalue weighted by Crippen LogP contribution is 2.40. The Kier molecular flexibility index (Phi) is 5.41. The van der Waals surface area contributed by atoms with Gasteiger partial charge in [-0.1, -0.05) is 83.1 Å². The topological polar surface area (TPSA) is 17.1 Å². The summed E-state index contributed by atoms with van der Waals surface area (Å²) in [6.07, 6.45) is 2.12. The van der Waals surface area contributed by atoms with Crippen molar-refractivity contribution in [2.24, 2.45) is 5.41 Å². The van der Waals surface area contributed by atoms with Crippen molar-refractivity contribution >= 4 is 6.29 Å². The number of carbonyl (C=O) groups is 1. The second-order valence-corrected chi connectivity index (χ2v) is 7.29. The van der Waals surface area contributed by atoms with Crippen LogP contribution in [-0.4, -0.2) is 6.29 Å². The molecule has 1 nitrogen and oxygen atoms in total. The van der Waals surface area contributed by atoms with Crippen molar-refractivity contribution in [2.45, 2.75) is 52.9 Å². The van der Waals surface area contributed by atoms with Gasteiger partial charge in [-0.25, -0.2) is 0 Å². The Balaban J connectivity index is 2.54. The standard InChI is InChI=1S/C22H28O/c1-6-17-10-12-18(13-11-17)21(22(4,5)15-23)20-9-7-8-19(14-20)16(2)3/h7-16,21H,6H2,1-5H3. The van der Waals surface area contributed by atoms with Gasteiger partial charge in [-0.3, -0.25) is 0 Å². The Morgan fingerprint density at radius 2 is 1.57 bits per heavy atom. The normalized spacial score (nSPS) is 13.1. The maximum Gasteiger partial charge on any atom is 0.126 e. The van der Waals surface area contributed by atoms with Gasteiger partial charge < -0.3 is 4.79 Å². The van der Waals surface area contributed by atoms with E-state index in [0.717, 1.165) is 12.7 Å². The number of aryl methyl sites for hydroxylation is 1. The predicted octanol–water partition coefficient (Wildman–Crippen LogP) is 5.73. The van der Waals surface area contributed by atoms with E-state index in [0.29, 0.717) is 5.92 Å². The number of rotatable bonds is 6. The molecular formula is C22H28O. The van der Waals surface area contributed by atoms with E-state index in [-0.39, 0.29) is 5.92 Å². The molecule has 0 amide bonds. The van der Waals surface area contributed by atoms with Crippen LogP contribution in [0.5, 0.6) is 0 Å². The molecule has 1 unspecified atom stereocenters. The second-order valence-electron chi connectivity index (χ2n) is 7.29. The highest BCUT2D eigenvalue weighted by molar-refractivity contribution is 5.63. The van der Waals surface area contributed by atoms with Crippen LogP contribution in [0.15, 0.2) is 48.5 Å². The first kappa shape index (κ1) is 17.5. The van der Waals surface area contributed by atoms with Crippen molar-refractivity contribution in [3.63, 3.8) is 0 Å². The Labute approximate surface area is 140 Å². The first-order valence-corrected chi connectivity index (χ1v) is 8.54. The molecule has 1 heteroatoms. The Morgan fingerprint density at radius 3 is 2.09 bits per heavy atom. The molecule has 1 atom stereocenters. The maximum absolute atomic E-state index is 11.8.